The van der Waals surface area contributed by atoms with E-state index in [1.807, 2.05) is 49.4 Å². The zero-order valence-electron chi connectivity index (χ0n) is 13.0. The van der Waals surface area contributed by atoms with E-state index in [9.17, 15) is 4.79 Å². The second kappa shape index (κ2) is 7.05. The molecular weight excluding hydrogens is 294 g/mol. The minimum Gasteiger partial charge on any atom is -0.494 e. The molecule has 0 unspecified atom stereocenters. The lowest BCUT2D eigenvalue weighted by Gasteiger charge is -2.25. The highest BCUT2D eigenvalue weighted by molar-refractivity contribution is 5.81. The molecule has 1 aliphatic rings. The van der Waals surface area contributed by atoms with Crippen LogP contribution in [0.1, 0.15) is 12.5 Å². The van der Waals surface area contributed by atoms with Crippen LogP contribution in [-0.4, -0.2) is 25.2 Å². The molecule has 0 saturated heterocycles. The van der Waals surface area contributed by atoms with Crippen LogP contribution in [0, 0.1) is 0 Å². The molecule has 23 heavy (non-hydrogen) atoms. The van der Waals surface area contributed by atoms with Gasteiger partial charge in [-0.05, 0) is 36.8 Å². The molecular formula is C18H19NO4. The fourth-order valence-electron chi connectivity index (χ4n) is 2.32. The van der Waals surface area contributed by atoms with Gasteiger partial charge in [0.1, 0.15) is 12.4 Å². The molecule has 0 saturated carbocycles. The van der Waals surface area contributed by atoms with Gasteiger partial charge in [0.2, 0.25) is 6.10 Å². The van der Waals surface area contributed by atoms with Crippen molar-refractivity contribution in [3.05, 3.63) is 54.1 Å². The molecule has 1 aliphatic heterocycles. The number of fused-ring (bicyclic) bond motifs is 1. The topological polar surface area (TPSA) is 56.8 Å². The van der Waals surface area contributed by atoms with Crippen molar-refractivity contribution in [2.45, 2.75) is 19.6 Å². The predicted octanol–water partition coefficient (Wildman–Crippen LogP) is 2.54. The Morgan fingerprint density at radius 3 is 2.65 bits per heavy atom. The lowest BCUT2D eigenvalue weighted by Crippen LogP contribution is -2.43. The van der Waals surface area contributed by atoms with Crippen LogP contribution >= 0.6 is 0 Å². The van der Waals surface area contributed by atoms with E-state index in [1.54, 1.807) is 6.07 Å². The maximum atomic E-state index is 12.2. The molecule has 2 aromatic rings. The van der Waals surface area contributed by atoms with Crippen LogP contribution in [0.15, 0.2) is 48.5 Å². The van der Waals surface area contributed by atoms with Gasteiger partial charge >= 0.3 is 0 Å². The Balaban J connectivity index is 1.54. The lowest BCUT2D eigenvalue weighted by molar-refractivity contribution is -0.130. The van der Waals surface area contributed by atoms with Crippen LogP contribution in [0.2, 0.25) is 0 Å². The van der Waals surface area contributed by atoms with Gasteiger partial charge in [0.15, 0.2) is 11.5 Å². The SMILES string of the molecule is CCOc1ccc(CNC(=O)[C@@H]2COc3ccccc3O2)cc1. The smallest absolute Gasteiger partial charge is 0.264 e. The molecule has 5 nitrogen and oxygen atoms in total. The van der Waals surface area contributed by atoms with Crippen molar-refractivity contribution >= 4 is 5.91 Å². The van der Waals surface area contributed by atoms with Crippen molar-refractivity contribution in [1.82, 2.24) is 5.32 Å². The van der Waals surface area contributed by atoms with Gasteiger partial charge in [-0.15, -0.1) is 0 Å². The maximum Gasteiger partial charge on any atom is 0.264 e. The average molecular weight is 313 g/mol. The maximum absolute atomic E-state index is 12.2. The minimum atomic E-state index is -0.632. The first-order valence-corrected chi connectivity index (χ1v) is 7.64. The van der Waals surface area contributed by atoms with Gasteiger partial charge in [-0.2, -0.15) is 0 Å². The molecule has 3 rings (SSSR count). The third kappa shape index (κ3) is 3.74. The number of carbonyl (C=O) groups excluding carboxylic acids is 1. The number of hydrogen-bond acceptors (Lipinski definition) is 4. The van der Waals surface area contributed by atoms with Crippen molar-refractivity contribution in [3.63, 3.8) is 0 Å². The molecule has 1 heterocycles. The first-order valence-electron chi connectivity index (χ1n) is 7.64. The second-order valence-corrected chi connectivity index (χ2v) is 5.16. The van der Waals surface area contributed by atoms with Crippen molar-refractivity contribution in [3.8, 4) is 17.2 Å². The molecule has 1 amide bonds. The predicted molar refractivity (Wildman–Crippen MR) is 85.8 cm³/mol. The Kier molecular flexibility index (Phi) is 4.66. The fraction of sp³-hybridized carbons (Fsp3) is 0.278. The first-order chi connectivity index (χ1) is 11.3. The highest BCUT2D eigenvalue weighted by Crippen LogP contribution is 2.30. The van der Waals surface area contributed by atoms with Crippen LogP contribution in [0.3, 0.4) is 0 Å². The summed E-state index contributed by atoms with van der Waals surface area (Å²) in [7, 11) is 0. The van der Waals surface area contributed by atoms with E-state index in [0.717, 1.165) is 11.3 Å². The Labute approximate surface area is 135 Å². The van der Waals surface area contributed by atoms with Gasteiger partial charge in [0.25, 0.3) is 5.91 Å². The van der Waals surface area contributed by atoms with E-state index in [4.69, 9.17) is 14.2 Å². The molecule has 1 atom stereocenters. The zero-order valence-corrected chi connectivity index (χ0v) is 13.0. The van der Waals surface area contributed by atoms with E-state index < -0.39 is 6.10 Å². The Bertz CT molecular complexity index is 669. The Morgan fingerprint density at radius 1 is 1.17 bits per heavy atom. The lowest BCUT2D eigenvalue weighted by atomic mass is 10.2. The van der Waals surface area contributed by atoms with E-state index in [1.165, 1.54) is 0 Å². The summed E-state index contributed by atoms with van der Waals surface area (Å²) in [6, 6.07) is 15.0. The molecule has 120 valence electrons. The van der Waals surface area contributed by atoms with Gasteiger partial charge in [0, 0.05) is 6.54 Å². The zero-order chi connectivity index (χ0) is 16.1. The summed E-state index contributed by atoms with van der Waals surface area (Å²) in [5, 5.41) is 2.87. The van der Waals surface area contributed by atoms with E-state index in [0.29, 0.717) is 24.7 Å². The van der Waals surface area contributed by atoms with Gasteiger partial charge in [-0.3, -0.25) is 4.79 Å². The van der Waals surface area contributed by atoms with E-state index in [-0.39, 0.29) is 12.5 Å². The summed E-state index contributed by atoms with van der Waals surface area (Å²) >= 11 is 0. The minimum absolute atomic E-state index is 0.187. The number of carbonyl (C=O) groups is 1. The number of benzene rings is 2. The average Bonchev–Trinajstić information content (AvgIpc) is 2.60. The third-order valence-corrected chi connectivity index (χ3v) is 3.50. The molecule has 0 aromatic heterocycles. The van der Waals surface area contributed by atoms with E-state index >= 15 is 0 Å². The molecule has 0 bridgehead atoms. The number of ether oxygens (including phenoxy) is 3. The van der Waals surface area contributed by atoms with Crippen LogP contribution in [0.4, 0.5) is 0 Å². The van der Waals surface area contributed by atoms with Crippen LogP contribution in [0.25, 0.3) is 0 Å². The molecule has 0 aliphatic carbocycles. The summed E-state index contributed by atoms with van der Waals surface area (Å²) in [5.41, 5.74) is 0.999. The monoisotopic (exact) mass is 313 g/mol. The summed E-state index contributed by atoms with van der Waals surface area (Å²) < 4.78 is 16.6. The first kappa shape index (κ1) is 15.2. The number of amides is 1. The molecule has 0 radical (unpaired) electrons. The van der Waals surface area contributed by atoms with Crippen LogP contribution in [-0.2, 0) is 11.3 Å². The molecule has 2 aromatic carbocycles. The fourth-order valence-corrected chi connectivity index (χ4v) is 2.32. The van der Waals surface area contributed by atoms with Gasteiger partial charge in [-0.25, -0.2) is 0 Å². The van der Waals surface area contributed by atoms with Gasteiger partial charge in [-0.1, -0.05) is 24.3 Å². The van der Waals surface area contributed by atoms with Crippen molar-refractivity contribution in [2.75, 3.05) is 13.2 Å². The summed E-state index contributed by atoms with van der Waals surface area (Å²) in [6.07, 6.45) is -0.632. The number of nitrogens with one attached hydrogen (secondary N) is 1. The van der Waals surface area contributed by atoms with Crippen molar-refractivity contribution in [2.24, 2.45) is 0 Å². The molecule has 5 heteroatoms. The van der Waals surface area contributed by atoms with Gasteiger partial charge in [0.05, 0.1) is 6.61 Å². The van der Waals surface area contributed by atoms with E-state index in [2.05, 4.69) is 5.32 Å². The number of rotatable bonds is 5. The summed E-state index contributed by atoms with van der Waals surface area (Å²) in [5.74, 6) is 1.90. The van der Waals surface area contributed by atoms with Crippen molar-refractivity contribution < 1.29 is 19.0 Å². The summed E-state index contributed by atoms with van der Waals surface area (Å²) in [4.78, 5) is 12.2. The van der Waals surface area contributed by atoms with Gasteiger partial charge < -0.3 is 19.5 Å². The molecule has 0 fully saturated rings. The largest absolute Gasteiger partial charge is 0.494 e. The van der Waals surface area contributed by atoms with Crippen LogP contribution < -0.4 is 19.5 Å². The number of hydrogen-bond donors (Lipinski definition) is 1. The highest BCUT2D eigenvalue weighted by atomic mass is 16.6. The van der Waals surface area contributed by atoms with Crippen LogP contribution in [0.5, 0.6) is 17.2 Å². The molecule has 1 N–H and O–H groups in total. The normalized spacial score (nSPS) is 15.8. The Morgan fingerprint density at radius 2 is 1.91 bits per heavy atom. The quantitative estimate of drug-likeness (QED) is 0.921. The number of para-hydroxylation sites is 2. The molecule has 0 spiro atoms. The second-order valence-electron chi connectivity index (χ2n) is 5.16. The highest BCUT2D eigenvalue weighted by Gasteiger charge is 2.26. The standard InChI is InChI=1S/C18H19NO4/c1-2-21-14-9-7-13(8-10-14)11-19-18(20)17-12-22-15-5-3-4-6-16(15)23-17/h3-10,17H,2,11-12H2,1H3,(H,19,20)/t17-/m0/s1. The summed E-state index contributed by atoms with van der Waals surface area (Å²) in [6.45, 7) is 3.23. The third-order valence-electron chi connectivity index (χ3n) is 3.50. The Hall–Kier alpha value is -2.69. The van der Waals surface area contributed by atoms with Crippen molar-refractivity contribution in [1.29, 1.82) is 0 Å².